The van der Waals surface area contributed by atoms with E-state index in [-0.39, 0.29) is 5.97 Å². The van der Waals surface area contributed by atoms with Gasteiger partial charge in [-0.1, -0.05) is 49.2 Å². The summed E-state index contributed by atoms with van der Waals surface area (Å²) in [4.78, 5) is 11.8. The van der Waals surface area contributed by atoms with Gasteiger partial charge in [0, 0.05) is 0 Å². The molecule has 130 valence electrons. The van der Waals surface area contributed by atoms with Gasteiger partial charge in [0.15, 0.2) is 11.5 Å². The summed E-state index contributed by atoms with van der Waals surface area (Å²) in [7, 11) is 3.15. The van der Waals surface area contributed by atoms with Crippen LogP contribution in [0.25, 0.3) is 0 Å². The average molecular weight is 387 g/mol. The Morgan fingerprint density at radius 1 is 1.17 bits per heavy atom. The summed E-state index contributed by atoms with van der Waals surface area (Å²) in [6.07, 6.45) is 2.15. The van der Waals surface area contributed by atoms with E-state index in [1.54, 1.807) is 26.4 Å². The molecule has 0 spiro atoms. The summed E-state index contributed by atoms with van der Waals surface area (Å²) in [5, 5.41) is 0. The number of benzene rings is 1. The van der Waals surface area contributed by atoms with Crippen LogP contribution in [-0.2, 0) is 9.53 Å². The lowest BCUT2D eigenvalue weighted by molar-refractivity contribution is -0.144. The van der Waals surface area contributed by atoms with E-state index in [0.29, 0.717) is 29.9 Å². The number of hydrogen-bond donors (Lipinski definition) is 0. The molecule has 0 aromatic heterocycles. The second-order valence-electron chi connectivity index (χ2n) is 5.90. The molecule has 0 N–H and O–H groups in total. The van der Waals surface area contributed by atoms with Gasteiger partial charge in [-0.2, -0.15) is 0 Å². The van der Waals surface area contributed by atoms with Crippen LogP contribution < -0.4 is 9.47 Å². The highest BCUT2D eigenvalue weighted by atomic mass is 79.9. The number of hydrogen-bond acceptors (Lipinski definition) is 4. The summed E-state index contributed by atoms with van der Waals surface area (Å²) >= 11 is 3.42. The summed E-state index contributed by atoms with van der Waals surface area (Å²) < 4.78 is 16.0. The molecule has 1 aromatic carbocycles. The zero-order chi connectivity index (χ0) is 17.4. The van der Waals surface area contributed by atoms with E-state index in [4.69, 9.17) is 14.2 Å². The molecule has 0 amide bonds. The highest BCUT2D eigenvalue weighted by molar-refractivity contribution is 9.09. The maximum Gasteiger partial charge on any atom is 0.324 e. The van der Waals surface area contributed by atoms with E-state index in [0.717, 1.165) is 18.4 Å². The van der Waals surface area contributed by atoms with E-state index in [2.05, 4.69) is 36.7 Å². The zero-order valence-electron chi connectivity index (χ0n) is 14.6. The largest absolute Gasteiger partial charge is 0.493 e. The van der Waals surface area contributed by atoms with Crippen molar-refractivity contribution < 1.29 is 19.0 Å². The third kappa shape index (κ3) is 5.72. The zero-order valence-corrected chi connectivity index (χ0v) is 16.2. The first-order chi connectivity index (χ1) is 10.9. The molecule has 5 heteroatoms. The predicted octanol–water partition coefficient (Wildman–Crippen LogP) is 4.76. The van der Waals surface area contributed by atoms with Gasteiger partial charge >= 0.3 is 5.97 Å². The Morgan fingerprint density at radius 3 is 2.35 bits per heavy atom. The Bertz CT molecular complexity index is 502. The molecule has 1 rings (SSSR count). The minimum Gasteiger partial charge on any atom is -0.493 e. The molecule has 23 heavy (non-hydrogen) atoms. The lowest BCUT2D eigenvalue weighted by Crippen LogP contribution is -2.20. The lowest BCUT2D eigenvalue weighted by atomic mass is 9.92. The second-order valence-corrected chi connectivity index (χ2v) is 6.82. The number of halogens is 1. The third-order valence-electron chi connectivity index (χ3n) is 3.95. The van der Waals surface area contributed by atoms with E-state index in [1.165, 1.54) is 0 Å². The Kier molecular flexibility index (Phi) is 8.45. The Hall–Kier alpha value is -1.23. The fourth-order valence-electron chi connectivity index (χ4n) is 2.39. The van der Waals surface area contributed by atoms with Crippen molar-refractivity contribution in [1.82, 2.24) is 0 Å². The van der Waals surface area contributed by atoms with E-state index < -0.39 is 4.83 Å². The van der Waals surface area contributed by atoms with Crippen molar-refractivity contribution in [3.8, 4) is 11.5 Å². The minimum absolute atomic E-state index is 0.279. The summed E-state index contributed by atoms with van der Waals surface area (Å²) in [6.45, 7) is 6.93. The van der Waals surface area contributed by atoms with Crippen molar-refractivity contribution in [2.45, 2.75) is 38.4 Å². The van der Waals surface area contributed by atoms with Crippen LogP contribution in [0.2, 0.25) is 0 Å². The first-order valence-corrected chi connectivity index (χ1v) is 8.88. The number of carbonyl (C=O) groups excluding carboxylic acids is 1. The minimum atomic E-state index is -0.517. The van der Waals surface area contributed by atoms with Crippen LogP contribution >= 0.6 is 15.9 Å². The number of carbonyl (C=O) groups is 1. The number of alkyl halides is 1. The summed E-state index contributed by atoms with van der Waals surface area (Å²) in [5.41, 5.74) is 0.782. The molecule has 4 nitrogen and oxygen atoms in total. The molecule has 0 aliphatic rings. The number of methoxy groups -OCH3 is 2. The van der Waals surface area contributed by atoms with Gasteiger partial charge in [0.05, 0.1) is 20.8 Å². The van der Waals surface area contributed by atoms with Crippen molar-refractivity contribution in [1.29, 1.82) is 0 Å². The first-order valence-electron chi connectivity index (χ1n) is 7.97. The Labute approximate surface area is 147 Å². The molecule has 0 aliphatic carbocycles. The van der Waals surface area contributed by atoms with Crippen molar-refractivity contribution in [3.63, 3.8) is 0 Å². The van der Waals surface area contributed by atoms with E-state index in [1.807, 2.05) is 6.07 Å². The number of esters is 1. The van der Waals surface area contributed by atoms with E-state index >= 15 is 0 Å². The molecule has 2 atom stereocenters. The van der Waals surface area contributed by atoms with Gasteiger partial charge < -0.3 is 14.2 Å². The monoisotopic (exact) mass is 386 g/mol. The summed E-state index contributed by atoms with van der Waals surface area (Å²) in [6, 6.07) is 5.39. The average Bonchev–Trinajstić information content (AvgIpc) is 2.56. The summed E-state index contributed by atoms with van der Waals surface area (Å²) in [5.74, 6) is 1.84. The number of ether oxygens (including phenoxy) is 3. The van der Waals surface area contributed by atoms with Crippen LogP contribution in [0, 0.1) is 11.8 Å². The molecule has 0 aliphatic heterocycles. The standard InChI is InChI=1S/C18H27BrO4/c1-6-7-14(12(2)3)11-23-18(20)17(19)13-8-9-15(21-4)16(10-13)22-5/h8-10,12,14,17H,6-7,11H2,1-5H3. The lowest BCUT2D eigenvalue weighted by Gasteiger charge is -2.21. The van der Waals surface area contributed by atoms with Crippen LogP contribution in [0.4, 0.5) is 0 Å². The first kappa shape index (κ1) is 19.8. The van der Waals surface area contributed by atoms with Crippen LogP contribution in [0.5, 0.6) is 11.5 Å². The van der Waals surface area contributed by atoms with Gasteiger partial charge in [0.1, 0.15) is 4.83 Å². The molecule has 0 bridgehead atoms. The van der Waals surface area contributed by atoms with Gasteiger partial charge in [-0.15, -0.1) is 0 Å². The molecule has 0 radical (unpaired) electrons. The van der Waals surface area contributed by atoms with Crippen molar-refractivity contribution in [2.24, 2.45) is 11.8 Å². The topological polar surface area (TPSA) is 44.8 Å². The Balaban J connectivity index is 2.73. The predicted molar refractivity (Wildman–Crippen MR) is 95.4 cm³/mol. The quantitative estimate of drug-likeness (QED) is 0.453. The van der Waals surface area contributed by atoms with Crippen LogP contribution in [0.15, 0.2) is 18.2 Å². The molecule has 1 aromatic rings. The van der Waals surface area contributed by atoms with Gasteiger partial charge in [-0.05, 0) is 36.0 Å². The van der Waals surface area contributed by atoms with Crippen LogP contribution in [0.1, 0.15) is 44.0 Å². The SMILES string of the molecule is CCCC(COC(=O)C(Br)c1ccc(OC)c(OC)c1)C(C)C. The smallest absolute Gasteiger partial charge is 0.324 e. The van der Waals surface area contributed by atoms with Gasteiger partial charge in [0.2, 0.25) is 0 Å². The normalized spacial score (nSPS) is 13.5. The molecule has 0 saturated carbocycles. The fourth-order valence-corrected chi connectivity index (χ4v) is 2.81. The highest BCUT2D eigenvalue weighted by Gasteiger charge is 2.22. The third-order valence-corrected chi connectivity index (χ3v) is 4.85. The molecular formula is C18H27BrO4. The number of rotatable bonds is 9. The fraction of sp³-hybridized carbons (Fsp3) is 0.611. The van der Waals surface area contributed by atoms with Crippen molar-refractivity contribution in [3.05, 3.63) is 23.8 Å². The molecular weight excluding hydrogens is 360 g/mol. The Morgan fingerprint density at radius 2 is 1.83 bits per heavy atom. The maximum atomic E-state index is 12.3. The second kappa shape index (κ2) is 9.81. The van der Waals surface area contributed by atoms with E-state index in [9.17, 15) is 4.79 Å². The molecule has 0 heterocycles. The van der Waals surface area contributed by atoms with Crippen LogP contribution in [0.3, 0.4) is 0 Å². The van der Waals surface area contributed by atoms with Gasteiger partial charge in [0.25, 0.3) is 0 Å². The molecule has 0 saturated heterocycles. The van der Waals surface area contributed by atoms with Crippen LogP contribution in [-0.4, -0.2) is 26.8 Å². The molecule has 2 unspecified atom stereocenters. The van der Waals surface area contributed by atoms with Gasteiger partial charge in [-0.3, -0.25) is 4.79 Å². The van der Waals surface area contributed by atoms with Gasteiger partial charge in [-0.25, -0.2) is 0 Å². The molecule has 0 fully saturated rings. The van der Waals surface area contributed by atoms with Crippen molar-refractivity contribution in [2.75, 3.05) is 20.8 Å². The maximum absolute atomic E-state index is 12.3. The van der Waals surface area contributed by atoms with Crippen molar-refractivity contribution >= 4 is 21.9 Å². The highest BCUT2D eigenvalue weighted by Crippen LogP contribution is 2.33.